The van der Waals surface area contributed by atoms with Crippen molar-refractivity contribution in [3.05, 3.63) is 53.5 Å². The lowest BCUT2D eigenvalue weighted by molar-refractivity contribution is -0.137. The van der Waals surface area contributed by atoms with E-state index in [1.807, 2.05) is 11.8 Å². The van der Waals surface area contributed by atoms with Crippen molar-refractivity contribution < 1.29 is 27.1 Å². The number of carbonyl (C=O) groups is 1. The van der Waals surface area contributed by atoms with Crippen molar-refractivity contribution in [1.29, 1.82) is 0 Å². The standard InChI is InChI=1S/C21H22F3N5O3/c1-13-11-28(7-8-29(13)18-6-3-15(10-25-18)21(22,23)24)12-14-9-26-27-19(14)16-4-5-17(32-16)20(30)31-2/h3-6,9-10,13H,7-8,11-12H2,1-2H3,(H,26,27). The largest absolute Gasteiger partial charge is 0.463 e. The zero-order valence-electron chi connectivity index (χ0n) is 17.5. The monoisotopic (exact) mass is 449 g/mol. The van der Waals surface area contributed by atoms with Crippen LogP contribution in [0.1, 0.15) is 28.6 Å². The van der Waals surface area contributed by atoms with Crippen molar-refractivity contribution >= 4 is 11.8 Å². The highest BCUT2D eigenvalue weighted by atomic mass is 19.4. The summed E-state index contributed by atoms with van der Waals surface area (Å²) in [6.07, 6.45) is -1.81. The number of rotatable bonds is 5. The third kappa shape index (κ3) is 4.47. The topological polar surface area (TPSA) is 87.5 Å². The number of methoxy groups -OCH3 is 1. The summed E-state index contributed by atoms with van der Waals surface area (Å²) < 4.78 is 48.6. The molecular weight excluding hydrogens is 427 g/mol. The molecule has 0 amide bonds. The highest BCUT2D eigenvalue weighted by Crippen LogP contribution is 2.30. The Kier molecular flexibility index (Phi) is 5.92. The number of furan rings is 1. The quantitative estimate of drug-likeness (QED) is 0.596. The average molecular weight is 449 g/mol. The number of piperazine rings is 1. The average Bonchev–Trinajstić information content (AvgIpc) is 3.42. The number of nitrogens with one attached hydrogen (secondary N) is 1. The zero-order valence-corrected chi connectivity index (χ0v) is 17.5. The second kappa shape index (κ2) is 8.65. The zero-order chi connectivity index (χ0) is 22.9. The van der Waals surface area contributed by atoms with E-state index in [-0.39, 0.29) is 11.8 Å². The Hall–Kier alpha value is -3.34. The molecule has 0 aromatic carbocycles. The molecule has 3 aromatic heterocycles. The van der Waals surface area contributed by atoms with Crippen molar-refractivity contribution in [3.63, 3.8) is 0 Å². The maximum Gasteiger partial charge on any atom is 0.417 e. The lowest BCUT2D eigenvalue weighted by atomic mass is 10.1. The molecular formula is C21H22F3N5O3. The fraction of sp³-hybridized carbons (Fsp3) is 0.381. The summed E-state index contributed by atoms with van der Waals surface area (Å²) >= 11 is 0. The van der Waals surface area contributed by atoms with Gasteiger partial charge in [-0.05, 0) is 31.2 Å². The number of halogens is 3. The Morgan fingerprint density at radius 3 is 2.72 bits per heavy atom. The van der Waals surface area contributed by atoms with Gasteiger partial charge in [-0.1, -0.05) is 0 Å². The van der Waals surface area contributed by atoms with Gasteiger partial charge in [-0.15, -0.1) is 0 Å². The summed E-state index contributed by atoms with van der Waals surface area (Å²) in [7, 11) is 1.28. The minimum atomic E-state index is -4.40. The maximum absolute atomic E-state index is 12.8. The van der Waals surface area contributed by atoms with Gasteiger partial charge in [0.25, 0.3) is 0 Å². The number of aromatic amines is 1. The first-order valence-electron chi connectivity index (χ1n) is 9.99. The molecule has 32 heavy (non-hydrogen) atoms. The van der Waals surface area contributed by atoms with Crippen LogP contribution in [0.2, 0.25) is 0 Å². The van der Waals surface area contributed by atoms with Gasteiger partial charge < -0.3 is 14.1 Å². The molecule has 0 bridgehead atoms. The minimum absolute atomic E-state index is 0.0536. The molecule has 1 unspecified atom stereocenters. The van der Waals surface area contributed by atoms with Crippen LogP contribution in [-0.4, -0.2) is 58.8 Å². The number of alkyl halides is 3. The number of nitrogens with zero attached hydrogens (tertiary/aromatic N) is 4. The summed E-state index contributed by atoms with van der Waals surface area (Å²) in [6.45, 7) is 4.62. The molecule has 11 heteroatoms. The molecule has 3 aromatic rings. The van der Waals surface area contributed by atoms with E-state index in [0.717, 1.165) is 17.8 Å². The van der Waals surface area contributed by atoms with Crippen LogP contribution in [0.3, 0.4) is 0 Å². The molecule has 1 aliphatic rings. The highest BCUT2D eigenvalue weighted by molar-refractivity contribution is 5.86. The number of carbonyl (C=O) groups excluding carboxylic acids is 1. The van der Waals surface area contributed by atoms with E-state index in [4.69, 9.17) is 4.42 Å². The lowest BCUT2D eigenvalue weighted by Crippen LogP contribution is -2.51. The number of aromatic nitrogens is 3. The Balaban J connectivity index is 1.42. The number of anilines is 1. The molecule has 1 N–H and O–H groups in total. The van der Waals surface area contributed by atoms with Crippen molar-refractivity contribution in [2.45, 2.75) is 25.7 Å². The van der Waals surface area contributed by atoms with Crippen LogP contribution in [0.25, 0.3) is 11.5 Å². The molecule has 1 atom stereocenters. The molecule has 170 valence electrons. The molecule has 4 heterocycles. The highest BCUT2D eigenvalue weighted by Gasteiger charge is 2.32. The number of esters is 1. The van der Waals surface area contributed by atoms with Gasteiger partial charge >= 0.3 is 12.1 Å². The first kappa shape index (κ1) is 21.9. The van der Waals surface area contributed by atoms with E-state index in [9.17, 15) is 18.0 Å². The van der Waals surface area contributed by atoms with Crippen molar-refractivity contribution in [1.82, 2.24) is 20.1 Å². The van der Waals surface area contributed by atoms with Gasteiger partial charge in [-0.25, -0.2) is 9.78 Å². The predicted molar refractivity (Wildman–Crippen MR) is 109 cm³/mol. The van der Waals surface area contributed by atoms with Gasteiger partial charge in [0, 0.05) is 44.0 Å². The second-order valence-corrected chi connectivity index (χ2v) is 7.61. The third-order valence-electron chi connectivity index (χ3n) is 5.43. The van der Waals surface area contributed by atoms with E-state index < -0.39 is 17.7 Å². The van der Waals surface area contributed by atoms with Crippen LogP contribution in [-0.2, 0) is 17.5 Å². The van der Waals surface area contributed by atoms with E-state index in [0.29, 0.717) is 43.5 Å². The molecule has 0 aliphatic carbocycles. The van der Waals surface area contributed by atoms with Crippen molar-refractivity contribution in [2.24, 2.45) is 0 Å². The van der Waals surface area contributed by atoms with Crippen LogP contribution in [0.4, 0.5) is 19.0 Å². The van der Waals surface area contributed by atoms with Crippen LogP contribution >= 0.6 is 0 Å². The normalized spacial score (nSPS) is 17.5. The summed E-state index contributed by atoms with van der Waals surface area (Å²) in [4.78, 5) is 19.9. The molecule has 0 spiro atoms. The van der Waals surface area contributed by atoms with Crippen LogP contribution in [0.5, 0.6) is 0 Å². The summed E-state index contributed by atoms with van der Waals surface area (Å²) in [5.41, 5.74) is 0.831. The van der Waals surface area contributed by atoms with Crippen molar-refractivity contribution in [3.8, 4) is 11.5 Å². The predicted octanol–water partition coefficient (Wildman–Crippen LogP) is 3.58. The second-order valence-electron chi connectivity index (χ2n) is 7.61. The molecule has 1 fully saturated rings. The van der Waals surface area contributed by atoms with E-state index in [2.05, 4.69) is 24.8 Å². The van der Waals surface area contributed by atoms with Gasteiger partial charge in [0.15, 0.2) is 5.76 Å². The van der Waals surface area contributed by atoms with Gasteiger partial charge in [-0.2, -0.15) is 18.3 Å². The number of hydrogen-bond acceptors (Lipinski definition) is 7. The van der Waals surface area contributed by atoms with Gasteiger partial charge in [0.1, 0.15) is 11.5 Å². The smallest absolute Gasteiger partial charge is 0.417 e. The van der Waals surface area contributed by atoms with E-state index >= 15 is 0 Å². The summed E-state index contributed by atoms with van der Waals surface area (Å²) in [5.74, 6) is 0.562. The number of hydrogen-bond donors (Lipinski definition) is 1. The fourth-order valence-corrected chi connectivity index (χ4v) is 3.81. The lowest BCUT2D eigenvalue weighted by Gasteiger charge is -2.40. The van der Waals surface area contributed by atoms with Crippen LogP contribution < -0.4 is 4.90 Å². The van der Waals surface area contributed by atoms with Gasteiger partial charge in [0.05, 0.1) is 18.9 Å². The fourth-order valence-electron chi connectivity index (χ4n) is 3.81. The van der Waals surface area contributed by atoms with Crippen LogP contribution in [0, 0.1) is 0 Å². The summed E-state index contributed by atoms with van der Waals surface area (Å²) in [6, 6.07) is 5.76. The first-order chi connectivity index (χ1) is 15.3. The van der Waals surface area contributed by atoms with E-state index in [1.165, 1.54) is 13.2 Å². The third-order valence-corrected chi connectivity index (χ3v) is 5.43. The Morgan fingerprint density at radius 1 is 1.25 bits per heavy atom. The van der Waals surface area contributed by atoms with Gasteiger partial charge in [0.2, 0.25) is 5.76 Å². The molecule has 4 rings (SSSR count). The summed E-state index contributed by atoms with van der Waals surface area (Å²) in [5, 5.41) is 7.02. The van der Waals surface area contributed by atoms with E-state index in [1.54, 1.807) is 18.3 Å². The molecule has 8 nitrogen and oxygen atoms in total. The first-order valence-corrected chi connectivity index (χ1v) is 9.99. The van der Waals surface area contributed by atoms with Crippen molar-refractivity contribution in [2.75, 3.05) is 31.6 Å². The molecule has 1 saturated heterocycles. The minimum Gasteiger partial charge on any atom is -0.463 e. The Morgan fingerprint density at radius 2 is 2.06 bits per heavy atom. The number of pyridine rings is 1. The number of H-pyrrole nitrogens is 1. The SMILES string of the molecule is COC(=O)c1ccc(-c2[nH]ncc2CN2CCN(c3ccc(C(F)(F)F)cn3)C(C)C2)o1. The molecule has 1 aliphatic heterocycles. The number of ether oxygens (including phenoxy) is 1. The molecule has 0 saturated carbocycles. The molecule has 0 radical (unpaired) electrons. The Labute approximate surface area is 182 Å². The van der Waals surface area contributed by atoms with Crippen LogP contribution in [0.15, 0.2) is 41.1 Å². The maximum atomic E-state index is 12.8. The van der Waals surface area contributed by atoms with Gasteiger partial charge in [-0.3, -0.25) is 10.00 Å². The Bertz CT molecular complexity index is 1080.